The molecule has 0 spiro atoms. The van der Waals surface area contributed by atoms with Crippen molar-refractivity contribution < 1.29 is 9.53 Å². The van der Waals surface area contributed by atoms with Crippen LogP contribution in [-0.2, 0) is 16.0 Å². The van der Waals surface area contributed by atoms with E-state index in [1.165, 1.54) is 5.56 Å². The summed E-state index contributed by atoms with van der Waals surface area (Å²) >= 11 is 0. The molecule has 6 nitrogen and oxygen atoms in total. The number of nitrogens with zero attached hydrogens (tertiary/aromatic N) is 3. The van der Waals surface area contributed by atoms with Crippen molar-refractivity contribution in [3.05, 3.63) is 47.7 Å². The Balaban J connectivity index is 1.68. The summed E-state index contributed by atoms with van der Waals surface area (Å²) in [6, 6.07) is 9.80. The number of hydrogen-bond acceptors (Lipinski definition) is 5. The summed E-state index contributed by atoms with van der Waals surface area (Å²) in [4.78, 5) is 22.5. The van der Waals surface area contributed by atoms with Crippen LogP contribution in [0, 0.1) is 0 Å². The van der Waals surface area contributed by atoms with Gasteiger partial charge in [-0.3, -0.25) is 4.79 Å². The molecular formula is C17H20N4O2. The minimum absolute atomic E-state index is 0.116. The maximum Gasteiger partial charge on any atom is 0.228 e. The van der Waals surface area contributed by atoms with Crippen molar-refractivity contribution in [2.24, 2.45) is 0 Å². The van der Waals surface area contributed by atoms with Gasteiger partial charge in [-0.05, 0) is 23.6 Å². The van der Waals surface area contributed by atoms with Crippen molar-refractivity contribution in [3.63, 3.8) is 0 Å². The quantitative estimate of drug-likeness (QED) is 0.937. The van der Waals surface area contributed by atoms with Crippen LogP contribution >= 0.6 is 0 Å². The molecule has 1 unspecified atom stereocenters. The van der Waals surface area contributed by atoms with E-state index in [1.54, 1.807) is 17.2 Å². The Labute approximate surface area is 135 Å². The van der Waals surface area contributed by atoms with E-state index in [0.717, 1.165) is 12.0 Å². The van der Waals surface area contributed by atoms with E-state index in [2.05, 4.69) is 21.4 Å². The first kappa shape index (κ1) is 15.4. The molecule has 1 aliphatic heterocycles. The molecule has 0 fully saturated rings. The molecule has 3 rings (SSSR count). The maximum atomic E-state index is 12.3. The zero-order chi connectivity index (χ0) is 16.2. The van der Waals surface area contributed by atoms with Crippen molar-refractivity contribution >= 4 is 17.7 Å². The van der Waals surface area contributed by atoms with E-state index in [1.807, 2.05) is 32.3 Å². The van der Waals surface area contributed by atoms with Crippen LogP contribution in [0.25, 0.3) is 0 Å². The average molecular weight is 312 g/mol. The van der Waals surface area contributed by atoms with Gasteiger partial charge in [0.1, 0.15) is 5.82 Å². The Bertz CT molecular complexity index is 702. The molecule has 23 heavy (non-hydrogen) atoms. The summed E-state index contributed by atoms with van der Waals surface area (Å²) < 4.78 is 5.77. The second-order valence-corrected chi connectivity index (χ2v) is 5.70. The van der Waals surface area contributed by atoms with Crippen molar-refractivity contribution in [2.75, 3.05) is 30.9 Å². The largest absolute Gasteiger partial charge is 0.373 e. The van der Waals surface area contributed by atoms with Crippen molar-refractivity contribution in [1.29, 1.82) is 0 Å². The zero-order valence-corrected chi connectivity index (χ0v) is 13.3. The van der Waals surface area contributed by atoms with Gasteiger partial charge in [0.05, 0.1) is 19.1 Å². The lowest BCUT2D eigenvalue weighted by Gasteiger charge is -2.25. The van der Waals surface area contributed by atoms with Gasteiger partial charge in [-0.15, -0.1) is 0 Å². The summed E-state index contributed by atoms with van der Waals surface area (Å²) in [6.45, 7) is 0.646. The molecule has 2 aromatic rings. The minimum Gasteiger partial charge on any atom is -0.373 e. The Morgan fingerprint density at radius 2 is 2.17 bits per heavy atom. The van der Waals surface area contributed by atoms with Crippen LogP contribution in [0.4, 0.5) is 11.8 Å². The number of amides is 1. The number of ether oxygens (including phenoxy) is 1. The standard InChI is InChI=1S/C17H20N4O2/c1-21(2)17-18-9-7-15(20-17)19-16(22)11-14-13-6-4-3-5-12(13)8-10-23-14/h3-7,9,14H,8,10-11H2,1-2H3,(H,18,19,20,22). The van der Waals surface area contributed by atoms with Crippen LogP contribution in [0.15, 0.2) is 36.5 Å². The van der Waals surface area contributed by atoms with Gasteiger partial charge in [-0.2, -0.15) is 4.98 Å². The van der Waals surface area contributed by atoms with Gasteiger partial charge in [-0.1, -0.05) is 24.3 Å². The predicted octanol–water partition coefficient (Wildman–Crippen LogP) is 2.19. The molecule has 0 saturated carbocycles. The van der Waals surface area contributed by atoms with Crippen molar-refractivity contribution in [2.45, 2.75) is 18.9 Å². The number of rotatable bonds is 4. The summed E-state index contributed by atoms with van der Waals surface area (Å²) in [5, 5.41) is 2.82. The number of hydrogen-bond donors (Lipinski definition) is 1. The molecule has 1 amide bonds. The molecular weight excluding hydrogens is 292 g/mol. The lowest BCUT2D eigenvalue weighted by molar-refractivity contribution is -0.119. The number of benzene rings is 1. The van der Waals surface area contributed by atoms with Crippen LogP contribution < -0.4 is 10.2 Å². The molecule has 0 saturated heterocycles. The minimum atomic E-state index is -0.199. The molecule has 6 heteroatoms. The molecule has 1 aromatic carbocycles. The Kier molecular flexibility index (Phi) is 4.52. The van der Waals surface area contributed by atoms with Crippen LogP contribution in [0.2, 0.25) is 0 Å². The lowest BCUT2D eigenvalue weighted by Crippen LogP contribution is -2.23. The third kappa shape index (κ3) is 3.65. The number of nitrogens with one attached hydrogen (secondary N) is 1. The molecule has 0 aliphatic carbocycles. The van der Waals surface area contributed by atoms with Gasteiger partial charge in [0, 0.05) is 20.3 Å². The Hall–Kier alpha value is -2.47. The van der Waals surface area contributed by atoms with Gasteiger partial charge in [0.25, 0.3) is 0 Å². The predicted molar refractivity (Wildman–Crippen MR) is 88.4 cm³/mol. The number of carbonyl (C=O) groups is 1. The van der Waals surface area contributed by atoms with Crippen LogP contribution in [-0.4, -0.2) is 36.6 Å². The second kappa shape index (κ2) is 6.75. The van der Waals surface area contributed by atoms with E-state index >= 15 is 0 Å². The smallest absolute Gasteiger partial charge is 0.228 e. The molecule has 0 bridgehead atoms. The first-order chi connectivity index (χ1) is 11.1. The highest BCUT2D eigenvalue weighted by atomic mass is 16.5. The Morgan fingerprint density at radius 3 is 3.00 bits per heavy atom. The third-order valence-electron chi connectivity index (χ3n) is 3.77. The normalized spacial score (nSPS) is 16.5. The molecule has 2 heterocycles. The fraction of sp³-hybridized carbons (Fsp3) is 0.353. The SMILES string of the molecule is CN(C)c1nccc(NC(=O)CC2OCCc3ccccc32)n1. The zero-order valence-electron chi connectivity index (χ0n) is 13.3. The lowest BCUT2D eigenvalue weighted by atomic mass is 9.96. The number of carbonyl (C=O) groups excluding carboxylic acids is 1. The van der Waals surface area contributed by atoms with E-state index in [0.29, 0.717) is 18.4 Å². The van der Waals surface area contributed by atoms with Gasteiger partial charge in [-0.25, -0.2) is 4.98 Å². The number of aromatic nitrogens is 2. The van der Waals surface area contributed by atoms with Crippen molar-refractivity contribution in [3.8, 4) is 0 Å². The van der Waals surface area contributed by atoms with Gasteiger partial charge >= 0.3 is 0 Å². The topological polar surface area (TPSA) is 67.4 Å². The molecule has 0 radical (unpaired) electrons. The molecule has 1 aromatic heterocycles. The second-order valence-electron chi connectivity index (χ2n) is 5.70. The molecule has 1 atom stereocenters. The monoisotopic (exact) mass is 312 g/mol. The Morgan fingerprint density at radius 1 is 1.35 bits per heavy atom. The van der Waals surface area contributed by atoms with Gasteiger partial charge in [0.2, 0.25) is 11.9 Å². The maximum absolute atomic E-state index is 12.3. The fourth-order valence-electron chi connectivity index (χ4n) is 2.64. The highest BCUT2D eigenvalue weighted by Gasteiger charge is 2.23. The van der Waals surface area contributed by atoms with E-state index in [9.17, 15) is 4.79 Å². The van der Waals surface area contributed by atoms with E-state index < -0.39 is 0 Å². The van der Waals surface area contributed by atoms with Crippen LogP contribution in [0.1, 0.15) is 23.7 Å². The van der Waals surface area contributed by atoms with Crippen LogP contribution in [0.3, 0.4) is 0 Å². The molecule has 1 aliphatic rings. The first-order valence-electron chi connectivity index (χ1n) is 7.63. The molecule has 120 valence electrons. The van der Waals surface area contributed by atoms with E-state index in [-0.39, 0.29) is 18.4 Å². The fourth-order valence-corrected chi connectivity index (χ4v) is 2.64. The summed E-state index contributed by atoms with van der Waals surface area (Å²) in [7, 11) is 3.71. The third-order valence-corrected chi connectivity index (χ3v) is 3.77. The average Bonchev–Trinajstić information content (AvgIpc) is 2.55. The highest BCUT2D eigenvalue weighted by Crippen LogP contribution is 2.29. The number of anilines is 2. The van der Waals surface area contributed by atoms with Gasteiger partial charge in [0.15, 0.2) is 0 Å². The first-order valence-corrected chi connectivity index (χ1v) is 7.63. The summed E-state index contributed by atoms with van der Waals surface area (Å²) in [6.07, 6.45) is 2.60. The summed E-state index contributed by atoms with van der Waals surface area (Å²) in [5.74, 6) is 0.940. The van der Waals surface area contributed by atoms with Gasteiger partial charge < -0.3 is 15.0 Å². The van der Waals surface area contributed by atoms with Crippen LogP contribution in [0.5, 0.6) is 0 Å². The number of fused-ring (bicyclic) bond motifs is 1. The highest BCUT2D eigenvalue weighted by molar-refractivity contribution is 5.90. The van der Waals surface area contributed by atoms with Crippen molar-refractivity contribution in [1.82, 2.24) is 9.97 Å². The molecule has 1 N–H and O–H groups in total. The van der Waals surface area contributed by atoms with E-state index in [4.69, 9.17) is 4.74 Å². The summed E-state index contributed by atoms with van der Waals surface area (Å²) in [5.41, 5.74) is 2.36.